The van der Waals surface area contributed by atoms with Crippen molar-refractivity contribution < 1.29 is 9.47 Å². The van der Waals surface area contributed by atoms with Gasteiger partial charge in [0.1, 0.15) is 11.5 Å². The van der Waals surface area contributed by atoms with Crippen molar-refractivity contribution in [2.45, 2.75) is 18.7 Å². The van der Waals surface area contributed by atoms with Crippen LogP contribution in [-0.4, -0.2) is 22.8 Å². The number of hydrogen-bond acceptors (Lipinski definition) is 5. The summed E-state index contributed by atoms with van der Waals surface area (Å²) in [6, 6.07) is 20.4. The number of ether oxygens (including phenoxy) is 2. The molecule has 3 heterocycles. The number of para-hydroxylation sites is 1. The summed E-state index contributed by atoms with van der Waals surface area (Å²) in [6.45, 7) is 0. The van der Waals surface area contributed by atoms with Crippen molar-refractivity contribution in [3.63, 3.8) is 0 Å². The van der Waals surface area contributed by atoms with Crippen molar-refractivity contribution in [1.82, 2.24) is 9.99 Å². The molecule has 0 amide bonds. The number of methoxy groups -OCH3 is 1. The Morgan fingerprint density at radius 3 is 2.74 bits per heavy atom. The zero-order valence-corrected chi connectivity index (χ0v) is 14.9. The number of benzene rings is 2. The lowest BCUT2D eigenvalue weighted by Gasteiger charge is -2.38. The summed E-state index contributed by atoms with van der Waals surface area (Å²) in [7, 11) is 1.68. The lowest BCUT2D eigenvalue weighted by Crippen LogP contribution is -2.33. The molecule has 2 atom stereocenters. The normalized spacial score (nSPS) is 20.3. The molecule has 5 heteroatoms. The van der Waals surface area contributed by atoms with Crippen LogP contribution in [0.5, 0.6) is 11.5 Å². The molecule has 3 aromatic rings. The van der Waals surface area contributed by atoms with Gasteiger partial charge < -0.3 is 9.47 Å². The summed E-state index contributed by atoms with van der Waals surface area (Å²) in [5, 5.41) is 7.04. The molecule has 2 aliphatic heterocycles. The highest BCUT2D eigenvalue weighted by atomic mass is 16.5. The average Bonchev–Trinajstić information content (AvgIpc) is 3.19. The lowest BCUT2D eigenvalue weighted by molar-refractivity contribution is -0.0190. The molecule has 2 aliphatic rings. The van der Waals surface area contributed by atoms with Crippen molar-refractivity contribution in [3.8, 4) is 11.5 Å². The Balaban J connectivity index is 1.59. The van der Waals surface area contributed by atoms with Crippen molar-refractivity contribution >= 4 is 5.71 Å². The Bertz CT molecular complexity index is 1000. The Labute approximate surface area is 157 Å². The molecule has 0 unspecified atom stereocenters. The van der Waals surface area contributed by atoms with E-state index in [0.717, 1.165) is 34.8 Å². The van der Waals surface area contributed by atoms with Gasteiger partial charge in [0.2, 0.25) is 6.23 Å². The van der Waals surface area contributed by atoms with E-state index in [1.54, 1.807) is 19.5 Å². The largest absolute Gasteiger partial charge is 0.497 e. The van der Waals surface area contributed by atoms with Gasteiger partial charge in [-0.05, 0) is 30.3 Å². The van der Waals surface area contributed by atoms with Crippen LogP contribution in [0.15, 0.2) is 78.2 Å². The maximum atomic E-state index is 6.33. The first-order valence-electron chi connectivity index (χ1n) is 8.99. The van der Waals surface area contributed by atoms with E-state index in [1.807, 2.05) is 42.5 Å². The van der Waals surface area contributed by atoms with E-state index in [9.17, 15) is 0 Å². The zero-order chi connectivity index (χ0) is 18.2. The van der Waals surface area contributed by atoms with Gasteiger partial charge in [0.05, 0.1) is 18.9 Å². The van der Waals surface area contributed by atoms with Crippen LogP contribution < -0.4 is 9.47 Å². The molecule has 5 rings (SSSR count). The van der Waals surface area contributed by atoms with Gasteiger partial charge in [-0.15, -0.1) is 0 Å². The molecule has 0 aliphatic carbocycles. The van der Waals surface area contributed by atoms with Crippen LogP contribution in [0.1, 0.15) is 35.4 Å². The number of hydrogen-bond donors (Lipinski definition) is 0. The molecule has 0 radical (unpaired) electrons. The monoisotopic (exact) mass is 357 g/mol. The zero-order valence-electron chi connectivity index (χ0n) is 14.9. The Hall–Kier alpha value is -3.34. The molecular weight excluding hydrogens is 338 g/mol. The van der Waals surface area contributed by atoms with E-state index in [4.69, 9.17) is 14.6 Å². The second kappa shape index (κ2) is 6.43. The van der Waals surface area contributed by atoms with Gasteiger partial charge >= 0.3 is 0 Å². The molecule has 27 heavy (non-hydrogen) atoms. The second-order valence-electron chi connectivity index (χ2n) is 6.67. The van der Waals surface area contributed by atoms with Crippen LogP contribution >= 0.6 is 0 Å². The molecule has 134 valence electrons. The number of pyridine rings is 1. The van der Waals surface area contributed by atoms with E-state index in [1.165, 1.54) is 5.56 Å². The van der Waals surface area contributed by atoms with Crippen LogP contribution in [0, 0.1) is 0 Å². The summed E-state index contributed by atoms with van der Waals surface area (Å²) in [4.78, 5) is 4.13. The second-order valence-corrected chi connectivity index (χ2v) is 6.67. The van der Waals surface area contributed by atoms with Crippen molar-refractivity contribution in [2.24, 2.45) is 5.10 Å². The minimum absolute atomic E-state index is 0.148. The molecule has 1 aromatic heterocycles. The molecule has 0 saturated heterocycles. The number of rotatable bonds is 3. The standard InChI is InChI=1S/C22H19N3O2/c1-26-17-6-4-5-16(13-17)19-14-20-18-7-2-3-8-21(18)27-22(25(20)24-19)15-9-11-23-12-10-15/h2-13,20,22H,14H2,1H3/t20-,22+/m1/s1. The van der Waals surface area contributed by atoms with Crippen LogP contribution in [-0.2, 0) is 0 Å². The first kappa shape index (κ1) is 15.9. The summed E-state index contributed by atoms with van der Waals surface area (Å²) < 4.78 is 11.7. The maximum Gasteiger partial charge on any atom is 0.213 e. The molecule has 0 fully saturated rings. The van der Waals surface area contributed by atoms with E-state index >= 15 is 0 Å². The molecule has 0 bridgehead atoms. The predicted molar refractivity (Wildman–Crippen MR) is 103 cm³/mol. The predicted octanol–water partition coefficient (Wildman–Crippen LogP) is 4.33. The third-order valence-electron chi connectivity index (χ3n) is 5.09. The summed E-state index contributed by atoms with van der Waals surface area (Å²) in [6.07, 6.45) is 4.14. The van der Waals surface area contributed by atoms with E-state index < -0.39 is 0 Å². The fraction of sp³-hybridized carbons (Fsp3) is 0.182. The smallest absolute Gasteiger partial charge is 0.213 e. The molecule has 0 spiro atoms. The highest BCUT2D eigenvalue weighted by Crippen LogP contribution is 2.47. The minimum Gasteiger partial charge on any atom is -0.497 e. The van der Waals surface area contributed by atoms with Gasteiger partial charge in [0.25, 0.3) is 0 Å². The molecule has 2 aromatic carbocycles. The van der Waals surface area contributed by atoms with Crippen LogP contribution in [0.3, 0.4) is 0 Å². The maximum absolute atomic E-state index is 6.33. The fourth-order valence-electron chi connectivity index (χ4n) is 3.76. The first-order valence-corrected chi connectivity index (χ1v) is 8.99. The number of hydrazone groups is 1. The molecule has 0 N–H and O–H groups in total. The lowest BCUT2D eigenvalue weighted by atomic mass is 9.96. The quantitative estimate of drug-likeness (QED) is 0.700. The summed E-state index contributed by atoms with van der Waals surface area (Å²) in [5.41, 5.74) is 4.33. The van der Waals surface area contributed by atoms with E-state index in [0.29, 0.717) is 0 Å². The summed E-state index contributed by atoms with van der Waals surface area (Å²) in [5.74, 6) is 1.75. The van der Waals surface area contributed by atoms with Crippen molar-refractivity contribution in [2.75, 3.05) is 7.11 Å². The van der Waals surface area contributed by atoms with E-state index in [2.05, 4.69) is 28.2 Å². The van der Waals surface area contributed by atoms with Gasteiger partial charge in [-0.3, -0.25) is 4.98 Å². The van der Waals surface area contributed by atoms with E-state index in [-0.39, 0.29) is 12.3 Å². The van der Waals surface area contributed by atoms with Crippen LogP contribution in [0.25, 0.3) is 0 Å². The number of fused-ring (bicyclic) bond motifs is 3. The Kier molecular flexibility index (Phi) is 3.78. The van der Waals surface area contributed by atoms with Gasteiger partial charge in [0, 0.05) is 35.5 Å². The Morgan fingerprint density at radius 1 is 1.04 bits per heavy atom. The van der Waals surface area contributed by atoms with Crippen molar-refractivity contribution in [3.05, 3.63) is 89.7 Å². The SMILES string of the molecule is COc1cccc(C2=NN3[C@H](C2)c2ccccc2O[C@H]3c2ccncc2)c1. The average molecular weight is 357 g/mol. The fourth-order valence-corrected chi connectivity index (χ4v) is 3.76. The summed E-state index contributed by atoms with van der Waals surface area (Å²) >= 11 is 0. The van der Waals surface area contributed by atoms with Crippen LogP contribution in [0.2, 0.25) is 0 Å². The van der Waals surface area contributed by atoms with Gasteiger partial charge in [-0.25, -0.2) is 5.01 Å². The molecular formula is C22H19N3O2. The third-order valence-corrected chi connectivity index (χ3v) is 5.09. The number of nitrogens with zero attached hydrogens (tertiary/aromatic N) is 3. The number of aromatic nitrogens is 1. The molecule has 0 saturated carbocycles. The first-order chi connectivity index (χ1) is 13.3. The van der Waals surface area contributed by atoms with Gasteiger partial charge in [-0.2, -0.15) is 5.10 Å². The van der Waals surface area contributed by atoms with Gasteiger partial charge in [-0.1, -0.05) is 30.3 Å². The van der Waals surface area contributed by atoms with Crippen LogP contribution in [0.4, 0.5) is 0 Å². The van der Waals surface area contributed by atoms with Crippen molar-refractivity contribution in [1.29, 1.82) is 0 Å². The molecule has 5 nitrogen and oxygen atoms in total. The minimum atomic E-state index is -0.268. The Morgan fingerprint density at radius 2 is 1.89 bits per heavy atom. The highest BCUT2D eigenvalue weighted by molar-refractivity contribution is 6.02. The highest BCUT2D eigenvalue weighted by Gasteiger charge is 2.40. The van der Waals surface area contributed by atoms with Gasteiger partial charge in [0.15, 0.2) is 0 Å². The topological polar surface area (TPSA) is 47.0 Å². The third kappa shape index (κ3) is 2.72.